The molecule has 0 saturated carbocycles. The number of alkyl halides is 3. The summed E-state index contributed by atoms with van der Waals surface area (Å²) in [5.41, 5.74) is -3.58. The number of H-pyrrole nitrogens is 1. The number of aromatic amines is 1. The van der Waals surface area contributed by atoms with E-state index in [0.29, 0.717) is 27.1 Å². The maximum Gasteiger partial charge on any atom is 0.511 e. The molecule has 4 rings (SSSR count). The van der Waals surface area contributed by atoms with Crippen LogP contribution < -0.4 is 10.0 Å². The summed E-state index contributed by atoms with van der Waals surface area (Å²) in [5, 5.41) is 3.82. The van der Waals surface area contributed by atoms with E-state index in [1.165, 1.54) is 6.07 Å². The van der Waals surface area contributed by atoms with Crippen LogP contribution >= 0.6 is 11.6 Å². The molecule has 0 fully saturated rings. The Morgan fingerprint density at radius 2 is 1.87 bits per heavy atom. The summed E-state index contributed by atoms with van der Waals surface area (Å²) in [5.74, 6) is -0.573. The summed E-state index contributed by atoms with van der Waals surface area (Å²) in [4.78, 5) is 15.7. The van der Waals surface area contributed by atoms with Crippen LogP contribution in [0.3, 0.4) is 0 Å². The number of amides is 1. The van der Waals surface area contributed by atoms with E-state index < -0.39 is 33.5 Å². The summed E-state index contributed by atoms with van der Waals surface area (Å²) in [6.45, 7) is 0. The predicted molar refractivity (Wildman–Crippen MR) is 106 cm³/mol. The van der Waals surface area contributed by atoms with E-state index in [-0.39, 0.29) is 12.1 Å². The number of fused-ring (bicyclic) bond motifs is 2. The minimum atomic E-state index is -5.61. The largest absolute Gasteiger partial charge is 0.511 e. The highest BCUT2D eigenvalue weighted by molar-refractivity contribution is 7.90. The molecule has 2 aromatic carbocycles. The molecule has 0 radical (unpaired) electrons. The van der Waals surface area contributed by atoms with Crippen LogP contribution in [-0.2, 0) is 16.4 Å². The van der Waals surface area contributed by atoms with Crippen LogP contribution in [0.4, 0.5) is 13.2 Å². The average Bonchev–Trinajstić information content (AvgIpc) is 3.22. The van der Waals surface area contributed by atoms with Gasteiger partial charge in [0.2, 0.25) is 0 Å². The van der Waals surface area contributed by atoms with E-state index in [0.717, 1.165) is 0 Å². The number of carbonyl (C=O) groups excluding carboxylic acids is 1. The van der Waals surface area contributed by atoms with Crippen LogP contribution in [-0.4, -0.2) is 30.9 Å². The SMILES string of the molecule is O=C(NC1Cc2ccccc2C1NS(=O)(=O)C(F)(F)F)c1cc2cc(Cl)ccc2[nH]1. The van der Waals surface area contributed by atoms with E-state index in [4.69, 9.17) is 11.6 Å². The number of rotatable bonds is 4. The number of sulfonamides is 1. The van der Waals surface area contributed by atoms with Gasteiger partial charge in [0.25, 0.3) is 5.91 Å². The molecule has 0 bridgehead atoms. The molecular weight excluding hydrogens is 443 g/mol. The zero-order valence-electron chi connectivity index (χ0n) is 15.1. The fourth-order valence-corrected chi connectivity index (χ4v) is 4.52. The summed E-state index contributed by atoms with van der Waals surface area (Å²) < 4.78 is 63.8. The van der Waals surface area contributed by atoms with Gasteiger partial charge in [-0.3, -0.25) is 4.79 Å². The van der Waals surface area contributed by atoms with E-state index in [1.807, 2.05) is 0 Å². The molecule has 3 aromatic rings. The smallest absolute Gasteiger partial charge is 0.351 e. The maximum atomic E-state index is 12.9. The molecule has 2 atom stereocenters. The zero-order chi connectivity index (χ0) is 21.7. The Labute approximate surface area is 174 Å². The Bertz CT molecular complexity index is 1240. The van der Waals surface area contributed by atoms with Gasteiger partial charge in [0, 0.05) is 15.9 Å². The van der Waals surface area contributed by atoms with Crippen molar-refractivity contribution in [1.29, 1.82) is 0 Å². The van der Waals surface area contributed by atoms with Crippen LogP contribution in [0.5, 0.6) is 0 Å². The first-order valence-electron chi connectivity index (χ1n) is 8.81. The monoisotopic (exact) mass is 457 g/mol. The van der Waals surface area contributed by atoms with Gasteiger partial charge in [-0.05, 0) is 41.8 Å². The van der Waals surface area contributed by atoms with Gasteiger partial charge in [0.15, 0.2) is 0 Å². The van der Waals surface area contributed by atoms with Crippen molar-refractivity contribution in [1.82, 2.24) is 15.0 Å². The van der Waals surface area contributed by atoms with Crippen LogP contribution in [0.15, 0.2) is 48.5 Å². The summed E-state index contributed by atoms with van der Waals surface area (Å²) >= 11 is 5.94. The van der Waals surface area contributed by atoms with Crippen LogP contribution in [0, 0.1) is 0 Å². The number of aromatic nitrogens is 1. The van der Waals surface area contributed by atoms with Crippen molar-refractivity contribution in [2.45, 2.75) is 24.0 Å². The number of hydrogen-bond donors (Lipinski definition) is 3. The van der Waals surface area contributed by atoms with Crippen LogP contribution in [0.1, 0.15) is 27.7 Å². The lowest BCUT2D eigenvalue weighted by molar-refractivity contribution is -0.0451. The summed E-state index contributed by atoms with van der Waals surface area (Å²) in [6, 6.07) is 10.9. The highest BCUT2D eigenvalue weighted by atomic mass is 35.5. The maximum absolute atomic E-state index is 12.9. The number of benzene rings is 2. The molecule has 158 valence electrons. The standard InChI is InChI=1S/C19H15ClF3N3O3S/c20-12-5-6-14-11(7-12)9-16(24-14)18(27)25-15-8-10-3-1-2-4-13(10)17(15)26-30(28,29)19(21,22)23/h1-7,9,15,17,24,26H,8H2,(H,25,27). The predicted octanol–water partition coefficient (Wildman–Crippen LogP) is 3.66. The van der Waals surface area contributed by atoms with E-state index in [2.05, 4.69) is 10.3 Å². The lowest BCUT2D eigenvalue weighted by Gasteiger charge is -2.23. The molecule has 0 saturated heterocycles. The second-order valence-electron chi connectivity index (χ2n) is 6.94. The third kappa shape index (κ3) is 3.78. The Kier molecular flexibility index (Phi) is 5.03. The van der Waals surface area contributed by atoms with Crippen molar-refractivity contribution < 1.29 is 26.4 Å². The molecule has 11 heteroatoms. The zero-order valence-corrected chi connectivity index (χ0v) is 16.7. The van der Waals surface area contributed by atoms with Crippen molar-refractivity contribution >= 4 is 38.4 Å². The fraction of sp³-hybridized carbons (Fsp3) is 0.211. The van der Waals surface area contributed by atoms with E-state index >= 15 is 0 Å². The van der Waals surface area contributed by atoms with Gasteiger partial charge >= 0.3 is 15.5 Å². The molecule has 1 heterocycles. The van der Waals surface area contributed by atoms with Gasteiger partial charge in [-0.25, -0.2) is 8.42 Å². The Balaban J connectivity index is 1.62. The lowest BCUT2D eigenvalue weighted by Crippen LogP contribution is -2.47. The Morgan fingerprint density at radius 1 is 1.13 bits per heavy atom. The summed E-state index contributed by atoms with van der Waals surface area (Å²) in [6.07, 6.45) is 0.180. The number of hydrogen-bond acceptors (Lipinski definition) is 3. The summed E-state index contributed by atoms with van der Waals surface area (Å²) in [7, 11) is -5.61. The quantitative estimate of drug-likeness (QED) is 0.558. The molecule has 1 aliphatic carbocycles. The second-order valence-corrected chi connectivity index (χ2v) is 9.08. The molecule has 3 N–H and O–H groups in total. The number of nitrogens with one attached hydrogen (secondary N) is 3. The average molecular weight is 458 g/mol. The molecule has 2 unspecified atom stereocenters. The minimum Gasteiger partial charge on any atom is -0.351 e. The number of halogens is 4. The highest BCUT2D eigenvalue weighted by Crippen LogP contribution is 2.34. The Hall–Kier alpha value is -2.56. The van der Waals surface area contributed by atoms with Gasteiger partial charge in [0.1, 0.15) is 5.69 Å². The fourth-order valence-electron chi connectivity index (χ4n) is 3.58. The Morgan fingerprint density at radius 3 is 2.60 bits per heavy atom. The topological polar surface area (TPSA) is 91.1 Å². The lowest BCUT2D eigenvalue weighted by atomic mass is 10.1. The van der Waals surface area contributed by atoms with Gasteiger partial charge in [-0.2, -0.15) is 17.9 Å². The van der Waals surface area contributed by atoms with Gasteiger partial charge < -0.3 is 10.3 Å². The molecule has 1 aliphatic rings. The van der Waals surface area contributed by atoms with Gasteiger partial charge in [-0.1, -0.05) is 35.9 Å². The molecule has 0 aliphatic heterocycles. The molecule has 0 spiro atoms. The molecular formula is C19H15ClF3N3O3S. The first-order chi connectivity index (χ1) is 14.0. The van der Waals surface area contributed by atoms with E-state index in [1.54, 1.807) is 47.2 Å². The molecule has 30 heavy (non-hydrogen) atoms. The normalized spacial score (nSPS) is 19.1. The molecule has 1 aromatic heterocycles. The first kappa shape index (κ1) is 20.7. The third-order valence-electron chi connectivity index (χ3n) is 4.96. The van der Waals surface area contributed by atoms with E-state index in [9.17, 15) is 26.4 Å². The van der Waals surface area contributed by atoms with Crippen molar-refractivity contribution in [3.05, 3.63) is 70.4 Å². The van der Waals surface area contributed by atoms with Crippen molar-refractivity contribution in [3.63, 3.8) is 0 Å². The third-order valence-corrected chi connectivity index (χ3v) is 6.37. The second kappa shape index (κ2) is 7.29. The molecule has 6 nitrogen and oxygen atoms in total. The van der Waals surface area contributed by atoms with Crippen LogP contribution in [0.2, 0.25) is 5.02 Å². The van der Waals surface area contributed by atoms with Crippen molar-refractivity contribution in [2.24, 2.45) is 0 Å². The van der Waals surface area contributed by atoms with Gasteiger partial charge in [-0.15, -0.1) is 0 Å². The minimum absolute atomic E-state index is 0.180. The number of carbonyl (C=O) groups is 1. The van der Waals surface area contributed by atoms with Crippen molar-refractivity contribution in [3.8, 4) is 0 Å². The first-order valence-corrected chi connectivity index (χ1v) is 10.7. The van der Waals surface area contributed by atoms with Crippen LogP contribution in [0.25, 0.3) is 10.9 Å². The van der Waals surface area contributed by atoms with Crippen molar-refractivity contribution in [2.75, 3.05) is 0 Å². The molecule has 1 amide bonds. The van der Waals surface area contributed by atoms with Gasteiger partial charge in [0.05, 0.1) is 12.1 Å². The highest BCUT2D eigenvalue weighted by Gasteiger charge is 2.49.